The molecule has 0 bridgehead atoms. The number of aliphatic hydroxyl groups is 1. The van der Waals surface area contributed by atoms with E-state index in [-0.39, 0.29) is 35.8 Å². The Labute approximate surface area is 157 Å². The van der Waals surface area contributed by atoms with Crippen LogP contribution in [0.1, 0.15) is 90.4 Å². The number of ketones is 2. The van der Waals surface area contributed by atoms with Crippen LogP contribution < -0.4 is 0 Å². The minimum absolute atomic E-state index is 0.0623. The molecule has 26 heavy (non-hydrogen) atoms. The normalized spacial score (nSPS) is 22.6. The lowest BCUT2D eigenvalue weighted by molar-refractivity contribution is -0.140. The van der Waals surface area contributed by atoms with Gasteiger partial charge in [-0.1, -0.05) is 39.0 Å². The van der Waals surface area contributed by atoms with E-state index in [1.807, 2.05) is 0 Å². The second-order valence-electron chi connectivity index (χ2n) is 7.57. The quantitative estimate of drug-likeness (QED) is 0.370. The van der Waals surface area contributed by atoms with Gasteiger partial charge in [-0.15, -0.1) is 0 Å². The molecular formula is C21H36O5. The number of unbranched alkanes of at least 4 members (excludes halogenated alkanes) is 5. The van der Waals surface area contributed by atoms with E-state index in [9.17, 15) is 19.5 Å². The number of methoxy groups -OCH3 is 1. The van der Waals surface area contributed by atoms with Crippen LogP contribution in [0.2, 0.25) is 0 Å². The third-order valence-electron chi connectivity index (χ3n) is 5.52. The van der Waals surface area contributed by atoms with Crippen LogP contribution in [0.25, 0.3) is 0 Å². The predicted octanol–water partition coefficient (Wildman–Crippen LogP) is 4.00. The maximum absolute atomic E-state index is 12.2. The van der Waals surface area contributed by atoms with Crippen LogP contribution in [0.3, 0.4) is 0 Å². The van der Waals surface area contributed by atoms with Crippen molar-refractivity contribution in [3.8, 4) is 0 Å². The molecule has 0 aliphatic heterocycles. The molecule has 1 N–H and O–H groups in total. The standard InChI is InChI=1S/C21H36O5/c1-3-4-7-10-16(22)13-14-18-17(19(23)15-20(18)24)11-8-5-6-9-12-21(25)26-2/h17-18,20,24H,3-15H2,1-2H3. The van der Waals surface area contributed by atoms with E-state index in [0.29, 0.717) is 25.7 Å². The molecule has 3 atom stereocenters. The average molecular weight is 369 g/mol. The number of esters is 1. The van der Waals surface area contributed by atoms with Crippen molar-refractivity contribution in [2.45, 2.75) is 96.5 Å². The van der Waals surface area contributed by atoms with Gasteiger partial charge in [0.2, 0.25) is 0 Å². The number of carbonyl (C=O) groups is 3. The molecule has 1 rings (SSSR count). The second-order valence-corrected chi connectivity index (χ2v) is 7.57. The maximum Gasteiger partial charge on any atom is 0.305 e. The fourth-order valence-corrected chi connectivity index (χ4v) is 3.90. The summed E-state index contributed by atoms with van der Waals surface area (Å²) in [5.41, 5.74) is 0. The van der Waals surface area contributed by atoms with Gasteiger partial charge in [0.15, 0.2) is 0 Å². The first-order valence-corrected chi connectivity index (χ1v) is 10.3. The summed E-state index contributed by atoms with van der Waals surface area (Å²) in [5.74, 6) is 0.0616. The SMILES string of the molecule is CCCCCC(=O)CCC1C(O)CC(=O)C1CCCCCCC(=O)OC. The predicted molar refractivity (Wildman–Crippen MR) is 101 cm³/mol. The van der Waals surface area contributed by atoms with E-state index in [2.05, 4.69) is 11.7 Å². The van der Waals surface area contributed by atoms with E-state index in [0.717, 1.165) is 51.4 Å². The van der Waals surface area contributed by atoms with Crippen LogP contribution in [0.5, 0.6) is 0 Å². The van der Waals surface area contributed by atoms with E-state index >= 15 is 0 Å². The number of Topliss-reactive ketones (excluding diaryl/α,β-unsaturated/α-hetero) is 2. The van der Waals surface area contributed by atoms with Gasteiger partial charge in [-0.3, -0.25) is 14.4 Å². The van der Waals surface area contributed by atoms with Gasteiger partial charge >= 0.3 is 5.97 Å². The molecule has 0 radical (unpaired) electrons. The van der Waals surface area contributed by atoms with Crippen LogP contribution in [0, 0.1) is 11.8 Å². The first-order valence-electron chi connectivity index (χ1n) is 10.3. The Morgan fingerprint density at radius 1 is 1.00 bits per heavy atom. The molecule has 0 aromatic heterocycles. The lowest BCUT2D eigenvalue weighted by atomic mass is 9.85. The summed E-state index contributed by atoms with van der Waals surface area (Å²) in [5, 5.41) is 10.2. The highest BCUT2D eigenvalue weighted by atomic mass is 16.5. The molecule has 5 nitrogen and oxygen atoms in total. The molecule has 1 aliphatic carbocycles. The van der Waals surface area contributed by atoms with Gasteiger partial charge in [-0.25, -0.2) is 0 Å². The first kappa shape index (κ1) is 22.8. The van der Waals surface area contributed by atoms with Gasteiger partial charge in [0.25, 0.3) is 0 Å². The summed E-state index contributed by atoms with van der Waals surface area (Å²) < 4.78 is 4.62. The first-order chi connectivity index (χ1) is 12.5. The van der Waals surface area contributed by atoms with E-state index in [1.54, 1.807) is 0 Å². The third-order valence-corrected chi connectivity index (χ3v) is 5.52. The Morgan fingerprint density at radius 3 is 2.38 bits per heavy atom. The average Bonchev–Trinajstić information content (AvgIpc) is 2.89. The van der Waals surface area contributed by atoms with Gasteiger partial charge in [0.05, 0.1) is 13.2 Å². The third kappa shape index (κ3) is 8.43. The van der Waals surface area contributed by atoms with Crippen molar-refractivity contribution >= 4 is 17.5 Å². The molecular weight excluding hydrogens is 332 g/mol. The largest absolute Gasteiger partial charge is 0.469 e. The van der Waals surface area contributed by atoms with E-state index in [1.165, 1.54) is 7.11 Å². The number of hydrogen-bond acceptors (Lipinski definition) is 5. The van der Waals surface area contributed by atoms with Crippen LogP contribution in [-0.2, 0) is 19.1 Å². The molecule has 1 fully saturated rings. The van der Waals surface area contributed by atoms with Crippen molar-refractivity contribution in [1.82, 2.24) is 0 Å². The topological polar surface area (TPSA) is 80.7 Å². The molecule has 0 amide bonds. The molecule has 0 aromatic carbocycles. The van der Waals surface area contributed by atoms with Gasteiger partial charge in [-0.2, -0.15) is 0 Å². The molecule has 1 aliphatic rings. The van der Waals surface area contributed by atoms with Crippen LogP contribution in [0.15, 0.2) is 0 Å². The van der Waals surface area contributed by atoms with Crippen molar-refractivity contribution in [2.24, 2.45) is 11.8 Å². The second kappa shape index (κ2) is 13.0. The molecule has 0 spiro atoms. The minimum atomic E-state index is -0.588. The zero-order valence-electron chi connectivity index (χ0n) is 16.5. The highest BCUT2D eigenvalue weighted by molar-refractivity contribution is 5.84. The molecule has 1 saturated carbocycles. The van der Waals surface area contributed by atoms with Gasteiger partial charge in [0, 0.05) is 31.6 Å². The highest BCUT2D eigenvalue weighted by Crippen LogP contribution is 2.36. The maximum atomic E-state index is 12.2. The monoisotopic (exact) mass is 368 g/mol. The van der Waals surface area contributed by atoms with Crippen molar-refractivity contribution in [1.29, 1.82) is 0 Å². The van der Waals surface area contributed by atoms with Gasteiger partial charge < -0.3 is 9.84 Å². The fraction of sp³-hybridized carbons (Fsp3) is 0.857. The number of hydrogen-bond donors (Lipinski definition) is 1. The molecule has 150 valence electrons. The lowest BCUT2D eigenvalue weighted by Gasteiger charge is -2.20. The van der Waals surface area contributed by atoms with Crippen LogP contribution in [0.4, 0.5) is 0 Å². The summed E-state index contributed by atoms with van der Waals surface area (Å²) >= 11 is 0. The summed E-state index contributed by atoms with van der Waals surface area (Å²) in [7, 11) is 1.40. The van der Waals surface area contributed by atoms with Crippen molar-refractivity contribution in [3.05, 3.63) is 0 Å². The van der Waals surface area contributed by atoms with Gasteiger partial charge in [0.1, 0.15) is 11.6 Å². The summed E-state index contributed by atoms with van der Waals surface area (Å²) in [6.45, 7) is 2.12. The van der Waals surface area contributed by atoms with Crippen LogP contribution in [-0.4, -0.2) is 35.9 Å². The van der Waals surface area contributed by atoms with Crippen molar-refractivity contribution in [2.75, 3.05) is 7.11 Å². The number of aliphatic hydroxyl groups excluding tert-OH is 1. The van der Waals surface area contributed by atoms with Crippen LogP contribution >= 0.6 is 0 Å². The lowest BCUT2D eigenvalue weighted by Crippen LogP contribution is -2.21. The van der Waals surface area contributed by atoms with E-state index < -0.39 is 6.10 Å². The Bertz CT molecular complexity index is 446. The minimum Gasteiger partial charge on any atom is -0.469 e. The molecule has 0 heterocycles. The van der Waals surface area contributed by atoms with E-state index in [4.69, 9.17) is 0 Å². The molecule has 0 aromatic rings. The Morgan fingerprint density at radius 2 is 1.69 bits per heavy atom. The Kier molecular flexibility index (Phi) is 11.4. The number of carbonyl (C=O) groups excluding carboxylic acids is 3. The molecule has 5 heteroatoms. The Balaban J connectivity index is 2.29. The number of rotatable bonds is 14. The fourth-order valence-electron chi connectivity index (χ4n) is 3.90. The summed E-state index contributed by atoms with van der Waals surface area (Å²) in [4.78, 5) is 35.2. The summed E-state index contributed by atoms with van der Waals surface area (Å²) in [6.07, 6.45) is 9.37. The zero-order valence-corrected chi connectivity index (χ0v) is 16.5. The number of ether oxygens (including phenoxy) is 1. The zero-order chi connectivity index (χ0) is 19.4. The van der Waals surface area contributed by atoms with Gasteiger partial charge in [-0.05, 0) is 31.6 Å². The Hall–Kier alpha value is -1.23. The summed E-state index contributed by atoms with van der Waals surface area (Å²) in [6, 6.07) is 0. The molecule has 3 unspecified atom stereocenters. The highest BCUT2D eigenvalue weighted by Gasteiger charge is 2.40. The molecule has 0 saturated heterocycles. The van der Waals surface area contributed by atoms with Crippen molar-refractivity contribution < 1.29 is 24.2 Å². The smallest absolute Gasteiger partial charge is 0.305 e. The van der Waals surface area contributed by atoms with Crippen molar-refractivity contribution in [3.63, 3.8) is 0 Å².